The van der Waals surface area contributed by atoms with Crippen LogP contribution in [0.5, 0.6) is 0 Å². The Bertz CT molecular complexity index is 310. The number of anilines is 1. The Kier molecular flexibility index (Phi) is 1.93. The van der Waals surface area contributed by atoms with Gasteiger partial charge in [0.15, 0.2) is 0 Å². The summed E-state index contributed by atoms with van der Waals surface area (Å²) in [4.78, 5) is 13.0. The molecule has 1 saturated heterocycles. The molecule has 0 saturated carbocycles. The van der Waals surface area contributed by atoms with Crippen molar-refractivity contribution in [2.24, 2.45) is 0 Å². The molecule has 3 heteroatoms. The smallest absolute Gasteiger partial charge is 0.414 e. The molecule has 0 unspecified atom stereocenters. The lowest BCUT2D eigenvalue weighted by molar-refractivity contribution is 0.179. The minimum atomic E-state index is -0.251. The standard InChI is InChI=1S/C10H11NO2/c1-8-7-13-10(12)11(8)9-5-3-2-4-6-9/h2-6,8H,7H2,1H3/t8-/m1/s1. The second kappa shape index (κ2) is 3.09. The molecule has 1 aromatic rings. The zero-order valence-corrected chi connectivity index (χ0v) is 7.43. The number of benzene rings is 1. The van der Waals surface area contributed by atoms with Crippen molar-refractivity contribution in [1.29, 1.82) is 0 Å². The normalized spacial score (nSPS) is 21.8. The van der Waals surface area contributed by atoms with Crippen LogP contribution in [0, 0.1) is 0 Å². The van der Waals surface area contributed by atoms with E-state index in [0.29, 0.717) is 6.61 Å². The zero-order chi connectivity index (χ0) is 9.26. The van der Waals surface area contributed by atoms with Crippen molar-refractivity contribution in [2.75, 3.05) is 11.5 Å². The van der Waals surface area contributed by atoms with Crippen molar-refractivity contribution in [3.63, 3.8) is 0 Å². The van der Waals surface area contributed by atoms with Gasteiger partial charge in [0.1, 0.15) is 6.61 Å². The third-order valence-electron chi connectivity index (χ3n) is 2.12. The molecule has 68 valence electrons. The van der Waals surface area contributed by atoms with Gasteiger partial charge in [-0.2, -0.15) is 0 Å². The number of carbonyl (C=O) groups excluding carboxylic acids is 1. The summed E-state index contributed by atoms with van der Waals surface area (Å²) in [5.74, 6) is 0. The van der Waals surface area contributed by atoms with Crippen LogP contribution in [0.25, 0.3) is 0 Å². The predicted molar refractivity (Wildman–Crippen MR) is 49.7 cm³/mol. The quantitative estimate of drug-likeness (QED) is 0.656. The SMILES string of the molecule is C[C@@H]1COC(=O)N1c1ccccc1. The summed E-state index contributed by atoms with van der Waals surface area (Å²) < 4.78 is 4.92. The summed E-state index contributed by atoms with van der Waals surface area (Å²) in [7, 11) is 0. The molecule has 1 heterocycles. The summed E-state index contributed by atoms with van der Waals surface area (Å²) in [6.07, 6.45) is -0.251. The summed E-state index contributed by atoms with van der Waals surface area (Å²) in [5.41, 5.74) is 0.900. The first kappa shape index (κ1) is 8.10. The van der Waals surface area contributed by atoms with Gasteiger partial charge in [-0.05, 0) is 19.1 Å². The number of para-hydroxylation sites is 1. The Morgan fingerprint density at radius 2 is 2.08 bits per heavy atom. The van der Waals surface area contributed by atoms with Crippen LogP contribution >= 0.6 is 0 Å². The molecule has 1 atom stereocenters. The first-order valence-electron chi connectivity index (χ1n) is 4.30. The van der Waals surface area contributed by atoms with Crippen LogP contribution in [-0.2, 0) is 4.74 Å². The molecule has 3 nitrogen and oxygen atoms in total. The zero-order valence-electron chi connectivity index (χ0n) is 7.43. The van der Waals surface area contributed by atoms with Crippen molar-refractivity contribution in [3.05, 3.63) is 30.3 Å². The highest BCUT2D eigenvalue weighted by Crippen LogP contribution is 2.21. The first-order valence-corrected chi connectivity index (χ1v) is 4.30. The molecule has 0 radical (unpaired) electrons. The van der Waals surface area contributed by atoms with E-state index in [1.807, 2.05) is 37.3 Å². The van der Waals surface area contributed by atoms with Gasteiger partial charge in [0.25, 0.3) is 0 Å². The molecule has 0 N–H and O–H groups in total. The molecular formula is C10H11NO2. The molecular weight excluding hydrogens is 166 g/mol. The topological polar surface area (TPSA) is 29.5 Å². The van der Waals surface area contributed by atoms with E-state index in [9.17, 15) is 4.79 Å². The van der Waals surface area contributed by atoms with Gasteiger partial charge in [0, 0.05) is 5.69 Å². The first-order chi connectivity index (χ1) is 6.29. The molecule has 0 aliphatic carbocycles. The minimum absolute atomic E-state index is 0.134. The van der Waals surface area contributed by atoms with Crippen molar-refractivity contribution in [1.82, 2.24) is 0 Å². The lowest BCUT2D eigenvalue weighted by Crippen LogP contribution is -2.30. The van der Waals surface area contributed by atoms with Crippen LogP contribution in [0.3, 0.4) is 0 Å². The maximum Gasteiger partial charge on any atom is 0.414 e. The summed E-state index contributed by atoms with van der Waals surface area (Å²) >= 11 is 0. The van der Waals surface area contributed by atoms with Crippen molar-refractivity contribution < 1.29 is 9.53 Å². The highest BCUT2D eigenvalue weighted by Gasteiger charge is 2.30. The Morgan fingerprint density at radius 3 is 2.62 bits per heavy atom. The van der Waals surface area contributed by atoms with Crippen molar-refractivity contribution >= 4 is 11.8 Å². The van der Waals surface area contributed by atoms with E-state index in [2.05, 4.69) is 0 Å². The molecule has 0 aromatic heterocycles. The van der Waals surface area contributed by atoms with Gasteiger partial charge >= 0.3 is 6.09 Å². The molecule has 0 bridgehead atoms. The Hall–Kier alpha value is -1.51. The number of carbonyl (C=O) groups is 1. The molecule has 13 heavy (non-hydrogen) atoms. The third-order valence-corrected chi connectivity index (χ3v) is 2.12. The highest BCUT2D eigenvalue weighted by atomic mass is 16.6. The van der Waals surface area contributed by atoms with Gasteiger partial charge in [0.2, 0.25) is 0 Å². The maximum atomic E-state index is 11.3. The Balaban J connectivity index is 2.30. The van der Waals surface area contributed by atoms with Gasteiger partial charge in [0.05, 0.1) is 6.04 Å². The number of hydrogen-bond acceptors (Lipinski definition) is 2. The van der Waals surface area contributed by atoms with Gasteiger partial charge in [-0.25, -0.2) is 4.79 Å². The van der Waals surface area contributed by atoms with Crippen LogP contribution in [0.4, 0.5) is 10.5 Å². The van der Waals surface area contributed by atoms with E-state index in [1.54, 1.807) is 4.90 Å². The predicted octanol–water partition coefficient (Wildman–Crippen LogP) is 2.03. The molecule has 1 aromatic carbocycles. The second-order valence-corrected chi connectivity index (χ2v) is 3.13. The van der Waals surface area contributed by atoms with E-state index in [0.717, 1.165) is 5.69 Å². The average Bonchev–Trinajstić information content (AvgIpc) is 2.48. The van der Waals surface area contributed by atoms with E-state index in [1.165, 1.54) is 0 Å². The monoisotopic (exact) mass is 177 g/mol. The Labute approximate surface area is 76.9 Å². The number of amides is 1. The van der Waals surface area contributed by atoms with Gasteiger partial charge in [-0.1, -0.05) is 18.2 Å². The average molecular weight is 177 g/mol. The number of rotatable bonds is 1. The number of ether oxygens (including phenoxy) is 1. The van der Waals surface area contributed by atoms with E-state index in [-0.39, 0.29) is 12.1 Å². The molecule has 2 rings (SSSR count). The number of cyclic esters (lactones) is 1. The summed E-state index contributed by atoms with van der Waals surface area (Å²) in [6.45, 7) is 2.45. The van der Waals surface area contributed by atoms with E-state index >= 15 is 0 Å². The fourth-order valence-electron chi connectivity index (χ4n) is 1.46. The maximum absolute atomic E-state index is 11.3. The molecule has 0 spiro atoms. The van der Waals surface area contributed by atoms with Crippen LogP contribution in [-0.4, -0.2) is 18.7 Å². The van der Waals surface area contributed by atoms with Crippen LogP contribution in [0.2, 0.25) is 0 Å². The fourth-order valence-corrected chi connectivity index (χ4v) is 1.46. The van der Waals surface area contributed by atoms with Crippen LogP contribution in [0.1, 0.15) is 6.92 Å². The lowest BCUT2D eigenvalue weighted by Gasteiger charge is -2.17. The van der Waals surface area contributed by atoms with Crippen molar-refractivity contribution in [3.8, 4) is 0 Å². The number of hydrogen-bond donors (Lipinski definition) is 0. The van der Waals surface area contributed by atoms with Gasteiger partial charge in [-0.3, -0.25) is 4.90 Å². The molecule has 1 aliphatic heterocycles. The summed E-state index contributed by atoms with van der Waals surface area (Å²) in [6, 6.07) is 9.69. The summed E-state index contributed by atoms with van der Waals surface area (Å²) in [5, 5.41) is 0. The molecule has 1 aliphatic rings. The van der Waals surface area contributed by atoms with Crippen LogP contribution in [0.15, 0.2) is 30.3 Å². The largest absolute Gasteiger partial charge is 0.447 e. The van der Waals surface area contributed by atoms with Crippen LogP contribution < -0.4 is 4.90 Å². The van der Waals surface area contributed by atoms with Gasteiger partial charge < -0.3 is 4.74 Å². The van der Waals surface area contributed by atoms with Crippen molar-refractivity contribution in [2.45, 2.75) is 13.0 Å². The van der Waals surface area contributed by atoms with E-state index in [4.69, 9.17) is 4.74 Å². The fraction of sp³-hybridized carbons (Fsp3) is 0.300. The molecule has 1 amide bonds. The Morgan fingerprint density at radius 1 is 1.38 bits per heavy atom. The third kappa shape index (κ3) is 1.37. The second-order valence-electron chi connectivity index (χ2n) is 3.13. The highest BCUT2D eigenvalue weighted by molar-refractivity contribution is 5.90. The van der Waals surface area contributed by atoms with E-state index < -0.39 is 0 Å². The number of nitrogens with zero attached hydrogens (tertiary/aromatic N) is 1. The molecule has 1 fully saturated rings. The lowest BCUT2D eigenvalue weighted by atomic mass is 10.2. The van der Waals surface area contributed by atoms with Gasteiger partial charge in [-0.15, -0.1) is 0 Å². The minimum Gasteiger partial charge on any atom is -0.447 e.